The number of esters is 1. The number of terminal acetylenes is 1. The summed E-state index contributed by atoms with van der Waals surface area (Å²) in [5.41, 5.74) is 4.71. The Morgan fingerprint density at radius 1 is 1.23 bits per heavy atom. The van der Waals surface area contributed by atoms with Gasteiger partial charge in [-0.05, 0) is 54.1 Å². The Labute approximate surface area is 194 Å². The van der Waals surface area contributed by atoms with Gasteiger partial charge in [-0.15, -0.1) is 6.42 Å². The van der Waals surface area contributed by atoms with Crippen LogP contribution >= 0.6 is 22.6 Å². The van der Waals surface area contributed by atoms with Gasteiger partial charge in [0.25, 0.3) is 0 Å². The molecule has 2 aromatic carbocycles. The molecule has 1 aliphatic carbocycles. The van der Waals surface area contributed by atoms with Crippen LogP contribution in [0.25, 0.3) is 5.70 Å². The van der Waals surface area contributed by atoms with E-state index in [0.29, 0.717) is 28.2 Å². The quantitative estimate of drug-likeness (QED) is 0.356. The fraction of sp³-hybridized carbons (Fsp3) is 0.200. The maximum Gasteiger partial charge on any atom is 0.336 e. The van der Waals surface area contributed by atoms with Crippen LogP contribution in [0, 0.1) is 15.9 Å². The number of hydrogen-bond donors (Lipinski definition) is 1. The molecule has 0 fully saturated rings. The molecule has 1 aliphatic heterocycles. The van der Waals surface area contributed by atoms with Crippen LogP contribution in [0.2, 0.25) is 0 Å². The first-order valence-electron chi connectivity index (χ1n) is 9.86. The zero-order valence-corrected chi connectivity index (χ0v) is 19.3. The molecule has 0 saturated heterocycles. The first-order chi connectivity index (χ1) is 15.0. The average molecular weight is 525 g/mol. The Morgan fingerprint density at radius 2 is 1.97 bits per heavy atom. The van der Waals surface area contributed by atoms with E-state index in [-0.39, 0.29) is 19.0 Å². The average Bonchev–Trinajstić information content (AvgIpc) is 3.04. The number of allylic oxidation sites excluding steroid dienone is 2. The van der Waals surface area contributed by atoms with E-state index in [2.05, 4.69) is 33.8 Å². The molecule has 0 unspecified atom stereocenters. The summed E-state index contributed by atoms with van der Waals surface area (Å²) in [5.74, 6) is 2.04. The van der Waals surface area contributed by atoms with Crippen LogP contribution in [0.15, 0.2) is 59.3 Å². The third-order valence-electron chi connectivity index (χ3n) is 5.34. The molecular formula is C25H20INO4. The summed E-state index contributed by atoms with van der Waals surface area (Å²) in [6.45, 7) is 4.02. The molecule has 4 rings (SSSR count). The number of ether oxygens (including phenoxy) is 2. The van der Waals surface area contributed by atoms with Crippen molar-refractivity contribution in [1.29, 1.82) is 0 Å². The summed E-state index contributed by atoms with van der Waals surface area (Å²) in [6, 6.07) is 13.1. The molecule has 2 aliphatic rings. The minimum atomic E-state index is -0.551. The second kappa shape index (κ2) is 8.60. The van der Waals surface area contributed by atoms with Crippen LogP contribution in [-0.2, 0) is 9.53 Å². The largest absolute Gasteiger partial charge is 0.480 e. The molecule has 31 heavy (non-hydrogen) atoms. The van der Waals surface area contributed by atoms with Crippen molar-refractivity contribution < 1.29 is 19.1 Å². The number of nitrogens with one attached hydrogen (secondary N) is 1. The Bertz CT molecular complexity index is 1200. The minimum absolute atomic E-state index is 0.0833. The second-order valence-corrected chi connectivity index (χ2v) is 8.33. The summed E-state index contributed by atoms with van der Waals surface area (Å²) < 4.78 is 11.8. The SMILES string of the molecule is C#CCOc1ccc([C@@H]2C(C(=O)OCC)=C(C)NC3=C2C(=O)c2ccccc23)cc1I. The van der Waals surface area contributed by atoms with Crippen molar-refractivity contribution in [1.82, 2.24) is 5.32 Å². The van der Waals surface area contributed by atoms with Gasteiger partial charge >= 0.3 is 5.97 Å². The van der Waals surface area contributed by atoms with Gasteiger partial charge in [0.1, 0.15) is 12.4 Å². The molecule has 2 aromatic rings. The topological polar surface area (TPSA) is 64.6 Å². The smallest absolute Gasteiger partial charge is 0.336 e. The Balaban J connectivity index is 1.87. The van der Waals surface area contributed by atoms with Gasteiger partial charge in [-0.3, -0.25) is 4.79 Å². The molecule has 5 nitrogen and oxygen atoms in total. The molecular weight excluding hydrogens is 505 g/mol. The fourth-order valence-electron chi connectivity index (χ4n) is 4.07. The van der Waals surface area contributed by atoms with Crippen molar-refractivity contribution in [3.8, 4) is 18.1 Å². The maximum absolute atomic E-state index is 13.4. The molecule has 6 heteroatoms. The lowest BCUT2D eigenvalue weighted by molar-refractivity contribution is -0.138. The van der Waals surface area contributed by atoms with Crippen LogP contribution in [0.4, 0.5) is 0 Å². The Kier molecular flexibility index (Phi) is 5.88. The van der Waals surface area contributed by atoms with Crippen LogP contribution in [-0.4, -0.2) is 25.0 Å². The van der Waals surface area contributed by atoms with Gasteiger partial charge in [0.15, 0.2) is 5.78 Å². The van der Waals surface area contributed by atoms with Crippen molar-refractivity contribution in [3.63, 3.8) is 0 Å². The van der Waals surface area contributed by atoms with Crippen LogP contribution < -0.4 is 10.1 Å². The lowest BCUT2D eigenvalue weighted by atomic mass is 9.80. The number of carbonyl (C=O) groups excluding carboxylic acids is 2. The standard InChI is InChI=1S/C25H20INO4/c1-4-12-31-19-11-10-15(13-18(19)26)21-20(25(29)30-5-2)14(3)27-23-16-8-6-7-9-17(16)24(28)22(21)23/h1,6-11,13,21,27H,5,12H2,2-3H3/t21-/m1/s1. The summed E-state index contributed by atoms with van der Waals surface area (Å²) in [4.78, 5) is 26.4. The molecule has 1 heterocycles. The second-order valence-electron chi connectivity index (χ2n) is 7.16. The van der Waals surface area contributed by atoms with E-state index in [1.807, 2.05) is 49.4 Å². The predicted molar refractivity (Wildman–Crippen MR) is 126 cm³/mol. The number of rotatable bonds is 5. The zero-order valence-electron chi connectivity index (χ0n) is 17.1. The van der Waals surface area contributed by atoms with Crippen LogP contribution in [0.3, 0.4) is 0 Å². The molecule has 156 valence electrons. The third-order valence-corrected chi connectivity index (χ3v) is 6.19. The maximum atomic E-state index is 13.4. The summed E-state index contributed by atoms with van der Waals surface area (Å²) in [6.07, 6.45) is 5.30. The summed E-state index contributed by atoms with van der Waals surface area (Å²) in [5, 5.41) is 3.30. The van der Waals surface area contributed by atoms with Crippen molar-refractivity contribution in [2.75, 3.05) is 13.2 Å². The monoisotopic (exact) mass is 525 g/mol. The normalized spacial score (nSPS) is 17.0. The van der Waals surface area contributed by atoms with Gasteiger partial charge < -0.3 is 14.8 Å². The minimum Gasteiger partial charge on any atom is -0.480 e. The van der Waals surface area contributed by atoms with Gasteiger partial charge in [0.2, 0.25) is 0 Å². The Hall–Kier alpha value is -3.05. The molecule has 0 bridgehead atoms. The first kappa shape index (κ1) is 21.2. The van der Waals surface area contributed by atoms with E-state index in [9.17, 15) is 9.59 Å². The fourth-order valence-corrected chi connectivity index (χ4v) is 4.77. The van der Waals surface area contributed by atoms with E-state index in [1.165, 1.54) is 0 Å². The lowest BCUT2D eigenvalue weighted by Crippen LogP contribution is -2.29. The molecule has 0 saturated carbocycles. The van der Waals surface area contributed by atoms with E-state index in [0.717, 1.165) is 20.4 Å². The molecule has 0 amide bonds. The van der Waals surface area contributed by atoms with E-state index < -0.39 is 11.9 Å². The highest BCUT2D eigenvalue weighted by molar-refractivity contribution is 14.1. The third kappa shape index (κ3) is 3.63. The Morgan fingerprint density at radius 3 is 2.65 bits per heavy atom. The number of carbonyl (C=O) groups is 2. The summed E-state index contributed by atoms with van der Waals surface area (Å²) in [7, 11) is 0. The van der Waals surface area contributed by atoms with Crippen molar-refractivity contribution in [2.45, 2.75) is 19.8 Å². The first-order valence-corrected chi connectivity index (χ1v) is 10.9. The van der Waals surface area contributed by atoms with Crippen LogP contribution in [0.1, 0.15) is 41.3 Å². The van der Waals surface area contributed by atoms with Gasteiger partial charge in [0.05, 0.1) is 21.4 Å². The molecule has 0 spiro atoms. The van der Waals surface area contributed by atoms with Gasteiger partial charge in [0, 0.05) is 28.3 Å². The number of halogens is 1. The number of Topliss-reactive ketones (excluding diaryl/α,β-unsaturated/α-hetero) is 1. The summed E-state index contributed by atoms with van der Waals surface area (Å²) >= 11 is 2.17. The van der Waals surface area contributed by atoms with Gasteiger partial charge in [-0.2, -0.15) is 0 Å². The number of dihydropyridines is 1. The number of benzene rings is 2. The van der Waals surface area contributed by atoms with Crippen molar-refractivity contribution >= 4 is 40.0 Å². The van der Waals surface area contributed by atoms with Crippen LogP contribution in [0.5, 0.6) is 5.75 Å². The van der Waals surface area contributed by atoms with Crippen molar-refractivity contribution in [2.24, 2.45) is 0 Å². The lowest BCUT2D eigenvalue weighted by Gasteiger charge is -2.29. The van der Waals surface area contributed by atoms with E-state index >= 15 is 0 Å². The predicted octanol–water partition coefficient (Wildman–Crippen LogP) is 4.43. The number of fused-ring (bicyclic) bond motifs is 2. The van der Waals surface area contributed by atoms with Gasteiger partial charge in [-0.25, -0.2) is 4.79 Å². The number of ketones is 1. The molecule has 1 atom stereocenters. The molecule has 0 radical (unpaired) electrons. The zero-order chi connectivity index (χ0) is 22.1. The van der Waals surface area contributed by atoms with E-state index in [4.69, 9.17) is 15.9 Å². The number of hydrogen-bond acceptors (Lipinski definition) is 5. The van der Waals surface area contributed by atoms with Gasteiger partial charge in [-0.1, -0.05) is 36.3 Å². The highest BCUT2D eigenvalue weighted by atomic mass is 127. The molecule has 1 N–H and O–H groups in total. The van der Waals surface area contributed by atoms with E-state index in [1.54, 1.807) is 6.92 Å². The highest BCUT2D eigenvalue weighted by Crippen LogP contribution is 2.47. The highest BCUT2D eigenvalue weighted by Gasteiger charge is 2.42. The molecule has 0 aromatic heterocycles. The van der Waals surface area contributed by atoms with Crippen molar-refractivity contribution in [3.05, 3.63) is 79.6 Å².